The van der Waals surface area contributed by atoms with Crippen LogP contribution < -0.4 is 10.5 Å². The Morgan fingerprint density at radius 1 is 1.21 bits per heavy atom. The van der Waals surface area contributed by atoms with E-state index in [1.165, 1.54) is 24.8 Å². The first kappa shape index (κ1) is 13.2. The van der Waals surface area contributed by atoms with E-state index in [4.69, 9.17) is 26.8 Å². The maximum absolute atomic E-state index is 6.27. The molecule has 0 atom stereocenters. The minimum absolute atomic E-state index is 0.0323. The van der Waals surface area contributed by atoms with Crippen LogP contribution in [0.5, 0.6) is 5.75 Å². The van der Waals surface area contributed by atoms with Gasteiger partial charge in [-0.25, -0.2) is 0 Å². The van der Waals surface area contributed by atoms with E-state index >= 15 is 0 Å². The van der Waals surface area contributed by atoms with Crippen LogP contribution in [0.25, 0.3) is 0 Å². The summed E-state index contributed by atoms with van der Waals surface area (Å²) in [7, 11) is 0. The first-order valence-electron chi connectivity index (χ1n) is 6.99. The average Bonchev–Trinajstić information content (AvgIpc) is 2.47. The Labute approximate surface area is 119 Å². The summed E-state index contributed by atoms with van der Waals surface area (Å²) in [6, 6.07) is 3.98. The third kappa shape index (κ3) is 2.35. The van der Waals surface area contributed by atoms with Crippen molar-refractivity contribution in [1.29, 1.82) is 0 Å². The molecule has 2 aliphatic rings. The third-order valence-electron chi connectivity index (χ3n) is 4.45. The van der Waals surface area contributed by atoms with Crippen molar-refractivity contribution in [3.63, 3.8) is 0 Å². The van der Waals surface area contributed by atoms with Gasteiger partial charge in [-0.15, -0.1) is 0 Å². The Hall–Kier alpha value is -0.770. The molecule has 0 unspecified atom stereocenters. The molecule has 1 aromatic carbocycles. The SMILES string of the molecule is NCC1(c2cc(Cl)cc3c2OCOC3)CCCCC1. The van der Waals surface area contributed by atoms with Crippen LogP contribution in [0.3, 0.4) is 0 Å². The Balaban J connectivity index is 2.09. The lowest BCUT2D eigenvalue weighted by Crippen LogP contribution is -2.38. The molecule has 1 aliphatic carbocycles. The predicted octanol–water partition coefficient (Wildman–Crippen LogP) is 3.37. The summed E-state index contributed by atoms with van der Waals surface area (Å²) >= 11 is 6.27. The lowest BCUT2D eigenvalue weighted by Gasteiger charge is -2.39. The van der Waals surface area contributed by atoms with E-state index in [1.807, 2.05) is 12.1 Å². The second-order valence-electron chi connectivity index (χ2n) is 5.60. The first-order chi connectivity index (χ1) is 9.25. The fourth-order valence-corrected chi connectivity index (χ4v) is 3.63. The molecule has 0 spiro atoms. The smallest absolute Gasteiger partial charge is 0.189 e. The van der Waals surface area contributed by atoms with Gasteiger partial charge in [-0.2, -0.15) is 0 Å². The van der Waals surface area contributed by atoms with Crippen LogP contribution >= 0.6 is 11.6 Å². The van der Waals surface area contributed by atoms with Crippen molar-refractivity contribution in [2.24, 2.45) is 5.73 Å². The molecular formula is C15H20ClNO2. The van der Waals surface area contributed by atoms with Crippen LogP contribution in [-0.2, 0) is 16.8 Å². The molecule has 1 aromatic rings. The Bertz CT molecular complexity index is 469. The molecular weight excluding hydrogens is 262 g/mol. The van der Waals surface area contributed by atoms with Gasteiger partial charge in [-0.1, -0.05) is 30.9 Å². The number of fused-ring (bicyclic) bond motifs is 1. The molecule has 0 saturated heterocycles. The standard InChI is InChI=1S/C15H20ClNO2/c16-12-6-11-8-18-10-19-14(11)13(7-12)15(9-17)4-2-1-3-5-15/h6-7H,1-5,8-10,17H2. The topological polar surface area (TPSA) is 44.5 Å². The predicted molar refractivity (Wildman–Crippen MR) is 75.6 cm³/mol. The van der Waals surface area contributed by atoms with Gasteiger partial charge in [0.05, 0.1) is 6.61 Å². The summed E-state index contributed by atoms with van der Waals surface area (Å²) in [5.74, 6) is 0.961. The van der Waals surface area contributed by atoms with Crippen LogP contribution in [-0.4, -0.2) is 13.3 Å². The highest BCUT2D eigenvalue weighted by atomic mass is 35.5. The van der Waals surface area contributed by atoms with E-state index in [1.54, 1.807) is 0 Å². The molecule has 0 amide bonds. The number of halogens is 1. The van der Waals surface area contributed by atoms with Gasteiger partial charge in [-0.05, 0) is 25.0 Å². The van der Waals surface area contributed by atoms with Gasteiger partial charge in [0.15, 0.2) is 6.79 Å². The van der Waals surface area contributed by atoms with Gasteiger partial charge in [0.1, 0.15) is 5.75 Å². The number of ether oxygens (including phenoxy) is 2. The molecule has 1 heterocycles. The number of hydrogen-bond acceptors (Lipinski definition) is 3. The van der Waals surface area contributed by atoms with Gasteiger partial charge in [0, 0.05) is 28.1 Å². The highest BCUT2D eigenvalue weighted by molar-refractivity contribution is 6.30. The Morgan fingerprint density at radius 2 is 2.00 bits per heavy atom. The van der Waals surface area contributed by atoms with Crippen molar-refractivity contribution in [1.82, 2.24) is 0 Å². The molecule has 2 N–H and O–H groups in total. The molecule has 19 heavy (non-hydrogen) atoms. The second kappa shape index (κ2) is 5.31. The molecule has 0 aromatic heterocycles. The van der Waals surface area contributed by atoms with Crippen LogP contribution in [0.2, 0.25) is 5.02 Å². The Morgan fingerprint density at radius 3 is 2.74 bits per heavy atom. The zero-order chi connectivity index (χ0) is 13.3. The third-order valence-corrected chi connectivity index (χ3v) is 4.67. The van der Waals surface area contributed by atoms with E-state index in [0.717, 1.165) is 29.2 Å². The highest BCUT2D eigenvalue weighted by Gasteiger charge is 2.36. The van der Waals surface area contributed by atoms with Crippen molar-refractivity contribution in [2.45, 2.75) is 44.1 Å². The first-order valence-corrected chi connectivity index (χ1v) is 7.36. The normalized spacial score (nSPS) is 21.6. The highest BCUT2D eigenvalue weighted by Crippen LogP contribution is 2.45. The van der Waals surface area contributed by atoms with Crippen molar-refractivity contribution in [3.05, 3.63) is 28.3 Å². The van der Waals surface area contributed by atoms with Crippen LogP contribution in [0.4, 0.5) is 0 Å². The maximum Gasteiger partial charge on any atom is 0.189 e. The number of nitrogens with two attached hydrogens (primary N) is 1. The molecule has 3 rings (SSSR count). The van der Waals surface area contributed by atoms with Crippen LogP contribution in [0.1, 0.15) is 43.2 Å². The van der Waals surface area contributed by atoms with Gasteiger partial charge < -0.3 is 15.2 Å². The van der Waals surface area contributed by atoms with Gasteiger partial charge in [0.2, 0.25) is 0 Å². The Kier molecular flexibility index (Phi) is 3.70. The molecule has 1 saturated carbocycles. The van der Waals surface area contributed by atoms with E-state index in [-0.39, 0.29) is 5.41 Å². The quantitative estimate of drug-likeness (QED) is 0.904. The monoisotopic (exact) mass is 281 g/mol. The van der Waals surface area contributed by atoms with Crippen molar-refractivity contribution < 1.29 is 9.47 Å². The molecule has 1 fully saturated rings. The molecule has 3 nitrogen and oxygen atoms in total. The summed E-state index contributed by atoms with van der Waals surface area (Å²) < 4.78 is 11.1. The summed E-state index contributed by atoms with van der Waals surface area (Å²) in [6.07, 6.45) is 6.01. The zero-order valence-corrected chi connectivity index (χ0v) is 11.8. The van der Waals surface area contributed by atoms with Crippen molar-refractivity contribution in [2.75, 3.05) is 13.3 Å². The van der Waals surface area contributed by atoms with Gasteiger partial charge in [-0.3, -0.25) is 0 Å². The molecule has 0 radical (unpaired) electrons. The van der Waals surface area contributed by atoms with E-state index in [0.29, 0.717) is 19.9 Å². The van der Waals surface area contributed by atoms with E-state index < -0.39 is 0 Å². The fourth-order valence-electron chi connectivity index (χ4n) is 3.39. The molecule has 4 heteroatoms. The minimum Gasteiger partial charge on any atom is -0.467 e. The fraction of sp³-hybridized carbons (Fsp3) is 0.600. The largest absolute Gasteiger partial charge is 0.467 e. The van der Waals surface area contributed by atoms with E-state index in [9.17, 15) is 0 Å². The number of rotatable bonds is 2. The molecule has 1 aliphatic heterocycles. The van der Waals surface area contributed by atoms with E-state index in [2.05, 4.69) is 0 Å². The molecule has 0 bridgehead atoms. The summed E-state index contributed by atoms with van der Waals surface area (Å²) in [5.41, 5.74) is 8.40. The summed E-state index contributed by atoms with van der Waals surface area (Å²) in [6.45, 7) is 1.55. The maximum atomic E-state index is 6.27. The summed E-state index contributed by atoms with van der Waals surface area (Å²) in [4.78, 5) is 0. The molecule has 104 valence electrons. The summed E-state index contributed by atoms with van der Waals surface area (Å²) in [5, 5.41) is 0.751. The van der Waals surface area contributed by atoms with Crippen LogP contribution in [0.15, 0.2) is 12.1 Å². The second-order valence-corrected chi connectivity index (χ2v) is 6.03. The zero-order valence-electron chi connectivity index (χ0n) is 11.1. The lowest BCUT2D eigenvalue weighted by atomic mass is 9.69. The van der Waals surface area contributed by atoms with Crippen molar-refractivity contribution in [3.8, 4) is 5.75 Å². The lowest BCUT2D eigenvalue weighted by molar-refractivity contribution is -0.0180. The number of hydrogen-bond donors (Lipinski definition) is 1. The van der Waals surface area contributed by atoms with Crippen molar-refractivity contribution >= 4 is 11.6 Å². The minimum atomic E-state index is 0.0323. The number of benzene rings is 1. The average molecular weight is 282 g/mol. The van der Waals surface area contributed by atoms with Gasteiger partial charge in [0.25, 0.3) is 0 Å². The van der Waals surface area contributed by atoms with Crippen LogP contribution in [0, 0.1) is 0 Å². The van der Waals surface area contributed by atoms with Gasteiger partial charge >= 0.3 is 0 Å².